The summed E-state index contributed by atoms with van der Waals surface area (Å²) in [6.45, 7) is 2.68. The van der Waals surface area contributed by atoms with Crippen molar-refractivity contribution in [2.45, 2.75) is 13.5 Å². The third-order valence-corrected chi connectivity index (χ3v) is 2.42. The minimum absolute atomic E-state index is 0.507. The summed E-state index contributed by atoms with van der Waals surface area (Å²) in [6.07, 6.45) is 1.51. The highest BCUT2D eigenvalue weighted by Crippen LogP contribution is 2.10. The lowest BCUT2D eigenvalue weighted by Crippen LogP contribution is -2.04. The van der Waals surface area contributed by atoms with E-state index in [9.17, 15) is 0 Å². The molecular formula is C13H12N4. The Labute approximate surface area is 99.9 Å². The molecule has 4 nitrogen and oxygen atoms in total. The molecule has 1 heterocycles. The second kappa shape index (κ2) is 5.08. The van der Waals surface area contributed by atoms with Crippen LogP contribution in [0, 0.1) is 18.3 Å². The van der Waals surface area contributed by atoms with Gasteiger partial charge in [-0.05, 0) is 18.6 Å². The first-order valence-corrected chi connectivity index (χ1v) is 5.31. The summed E-state index contributed by atoms with van der Waals surface area (Å²) in [7, 11) is 0. The quantitative estimate of drug-likeness (QED) is 0.868. The Bertz CT molecular complexity index is 540. The highest BCUT2D eigenvalue weighted by atomic mass is 15.2. The van der Waals surface area contributed by atoms with Gasteiger partial charge >= 0.3 is 0 Å². The average Bonchev–Trinajstić information content (AvgIpc) is 2.38. The third-order valence-electron chi connectivity index (χ3n) is 2.42. The van der Waals surface area contributed by atoms with Crippen molar-refractivity contribution in [1.29, 1.82) is 5.26 Å². The number of benzene rings is 1. The van der Waals surface area contributed by atoms with E-state index in [-0.39, 0.29) is 0 Å². The van der Waals surface area contributed by atoms with Gasteiger partial charge in [0.15, 0.2) is 5.82 Å². The summed E-state index contributed by atoms with van der Waals surface area (Å²) in [5.74, 6) is 0.524. The molecule has 0 radical (unpaired) electrons. The van der Waals surface area contributed by atoms with Crippen LogP contribution in [0.15, 0.2) is 36.5 Å². The maximum Gasteiger partial charge on any atom is 0.166 e. The molecule has 0 fully saturated rings. The van der Waals surface area contributed by atoms with Gasteiger partial charge in [-0.25, -0.2) is 0 Å². The van der Waals surface area contributed by atoms with E-state index < -0.39 is 0 Å². The van der Waals surface area contributed by atoms with Crippen LogP contribution in [0.25, 0.3) is 0 Å². The van der Waals surface area contributed by atoms with Crippen molar-refractivity contribution < 1.29 is 0 Å². The minimum atomic E-state index is 0.507. The Morgan fingerprint density at radius 3 is 2.71 bits per heavy atom. The highest BCUT2D eigenvalue weighted by molar-refractivity contribution is 5.50. The number of nitrogens with zero attached hydrogens (tertiary/aromatic N) is 3. The average molecular weight is 224 g/mol. The Balaban J connectivity index is 2.08. The number of anilines is 1. The highest BCUT2D eigenvalue weighted by Gasteiger charge is 2.02. The van der Waals surface area contributed by atoms with Crippen molar-refractivity contribution in [3.63, 3.8) is 0 Å². The van der Waals surface area contributed by atoms with Crippen LogP contribution in [0.3, 0.4) is 0 Å². The maximum atomic E-state index is 8.89. The molecule has 0 spiro atoms. The first-order valence-electron chi connectivity index (χ1n) is 5.31. The molecule has 0 aliphatic heterocycles. The van der Waals surface area contributed by atoms with E-state index in [4.69, 9.17) is 5.26 Å². The Kier molecular flexibility index (Phi) is 3.31. The van der Waals surface area contributed by atoms with E-state index in [0.717, 1.165) is 5.56 Å². The van der Waals surface area contributed by atoms with Crippen LogP contribution in [-0.4, -0.2) is 10.2 Å². The molecule has 17 heavy (non-hydrogen) atoms. The molecular weight excluding hydrogens is 212 g/mol. The van der Waals surface area contributed by atoms with Gasteiger partial charge < -0.3 is 5.32 Å². The summed E-state index contributed by atoms with van der Waals surface area (Å²) >= 11 is 0. The van der Waals surface area contributed by atoms with E-state index in [1.807, 2.05) is 19.1 Å². The summed E-state index contributed by atoms with van der Waals surface area (Å²) in [6, 6.07) is 11.9. The molecule has 0 bridgehead atoms. The molecule has 1 aromatic heterocycles. The summed E-state index contributed by atoms with van der Waals surface area (Å²) in [5.41, 5.74) is 2.88. The fourth-order valence-corrected chi connectivity index (χ4v) is 1.44. The predicted molar refractivity (Wildman–Crippen MR) is 65.3 cm³/mol. The van der Waals surface area contributed by atoms with Gasteiger partial charge in [0.1, 0.15) is 6.07 Å². The van der Waals surface area contributed by atoms with Gasteiger partial charge in [0, 0.05) is 6.54 Å². The molecule has 0 unspecified atom stereocenters. The molecule has 4 heteroatoms. The van der Waals surface area contributed by atoms with E-state index in [1.165, 1.54) is 11.8 Å². The van der Waals surface area contributed by atoms with Crippen molar-refractivity contribution in [2.75, 3.05) is 5.32 Å². The van der Waals surface area contributed by atoms with Crippen LogP contribution in [-0.2, 0) is 6.54 Å². The van der Waals surface area contributed by atoms with Crippen LogP contribution in [0.1, 0.15) is 16.7 Å². The number of nitrogens with one attached hydrogen (secondary N) is 1. The van der Waals surface area contributed by atoms with Gasteiger partial charge in [0.2, 0.25) is 0 Å². The molecule has 0 aliphatic carbocycles. The molecule has 2 aromatic rings. The van der Waals surface area contributed by atoms with E-state index in [0.29, 0.717) is 17.9 Å². The largest absolute Gasteiger partial charge is 0.363 e. The standard InChI is InChI=1S/C13H12N4/c1-10-2-4-11(5-3-10)9-15-13-12(8-14)6-7-16-17-13/h2-7H,9H2,1H3,(H,15,17). The number of nitriles is 1. The molecule has 1 N–H and O–H groups in total. The topological polar surface area (TPSA) is 61.6 Å². The zero-order valence-electron chi connectivity index (χ0n) is 9.51. The monoisotopic (exact) mass is 224 g/mol. The van der Waals surface area contributed by atoms with Crippen molar-refractivity contribution >= 4 is 5.82 Å². The fourth-order valence-electron chi connectivity index (χ4n) is 1.44. The summed E-state index contributed by atoms with van der Waals surface area (Å²) < 4.78 is 0. The number of aryl methyl sites for hydroxylation is 1. The van der Waals surface area contributed by atoms with Crippen LogP contribution >= 0.6 is 0 Å². The number of rotatable bonds is 3. The van der Waals surface area contributed by atoms with Crippen molar-refractivity contribution in [1.82, 2.24) is 10.2 Å². The molecule has 1 aromatic carbocycles. The van der Waals surface area contributed by atoms with Crippen LogP contribution < -0.4 is 5.32 Å². The van der Waals surface area contributed by atoms with E-state index >= 15 is 0 Å². The summed E-state index contributed by atoms with van der Waals surface area (Å²) in [5, 5.41) is 19.7. The summed E-state index contributed by atoms with van der Waals surface area (Å²) in [4.78, 5) is 0. The number of hydrogen-bond acceptors (Lipinski definition) is 4. The lowest BCUT2D eigenvalue weighted by atomic mass is 10.1. The smallest absolute Gasteiger partial charge is 0.166 e. The molecule has 0 saturated heterocycles. The predicted octanol–water partition coefficient (Wildman–Crippen LogP) is 2.27. The van der Waals surface area contributed by atoms with Crippen molar-refractivity contribution in [3.05, 3.63) is 53.2 Å². The molecule has 0 atom stereocenters. The molecule has 0 aliphatic rings. The second-order valence-electron chi connectivity index (χ2n) is 3.74. The molecule has 0 saturated carbocycles. The second-order valence-corrected chi connectivity index (χ2v) is 3.74. The zero-order valence-corrected chi connectivity index (χ0v) is 9.51. The normalized spacial score (nSPS) is 9.65. The maximum absolute atomic E-state index is 8.89. The zero-order chi connectivity index (χ0) is 12.1. The van der Waals surface area contributed by atoms with Crippen LogP contribution in [0.2, 0.25) is 0 Å². The Morgan fingerprint density at radius 1 is 1.24 bits per heavy atom. The Morgan fingerprint density at radius 2 is 2.00 bits per heavy atom. The van der Waals surface area contributed by atoms with Gasteiger partial charge in [-0.2, -0.15) is 10.4 Å². The van der Waals surface area contributed by atoms with Crippen molar-refractivity contribution in [2.24, 2.45) is 0 Å². The lowest BCUT2D eigenvalue weighted by molar-refractivity contribution is 0.994. The molecule has 0 amide bonds. The van der Waals surface area contributed by atoms with E-state index in [2.05, 4.69) is 33.7 Å². The molecule has 84 valence electrons. The van der Waals surface area contributed by atoms with Gasteiger partial charge in [-0.3, -0.25) is 0 Å². The van der Waals surface area contributed by atoms with Crippen LogP contribution in [0.5, 0.6) is 0 Å². The number of aromatic nitrogens is 2. The first kappa shape index (κ1) is 11.1. The third kappa shape index (κ3) is 2.79. The fraction of sp³-hybridized carbons (Fsp3) is 0.154. The first-order chi connectivity index (χ1) is 8.29. The van der Waals surface area contributed by atoms with Crippen LogP contribution in [0.4, 0.5) is 5.82 Å². The van der Waals surface area contributed by atoms with Gasteiger partial charge in [0.05, 0.1) is 11.8 Å². The van der Waals surface area contributed by atoms with Gasteiger partial charge in [0.25, 0.3) is 0 Å². The van der Waals surface area contributed by atoms with E-state index in [1.54, 1.807) is 6.07 Å². The van der Waals surface area contributed by atoms with Gasteiger partial charge in [-0.15, -0.1) is 5.10 Å². The lowest BCUT2D eigenvalue weighted by Gasteiger charge is -2.06. The Hall–Kier alpha value is -2.41. The van der Waals surface area contributed by atoms with Crippen molar-refractivity contribution in [3.8, 4) is 6.07 Å². The van der Waals surface area contributed by atoms with Gasteiger partial charge in [-0.1, -0.05) is 29.8 Å². The number of hydrogen-bond donors (Lipinski definition) is 1. The minimum Gasteiger partial charge on any atom is -0.363 e. The SMILES string of the molecule is Cc1ccc(CNc2nnccc2C#N)cc1. The molecule has 2 rings (SSSR count).